The maximum absolute atomic E-state index is 13.9. The monoisotopic (exact) mass is 293 g/mol. The van der Waals surface area contributed by atoms with Gasteiger partial charge in [-0.25, -0.2) is 4.39 Å². The maximum Gasteiger partial charge on any atom is 0.275 e. The quantitative estimate of drug-likeness (QED) is 0.680. The van der Waals surface area contributed by atoms with Crippen LogP contribution in [0.15, 0.2) is 12.1 Å². The summed E-state index contributed by atoms with van der Waals surface area (Å²) in [4.78, 5) is 10.1. The van der Waals surface area contributed by atoms with Crippen molar-refractivity contribution >= 4 is 5.69 Å². The molecule has 1 aliphatic carbocycles. The summed E-state index contributed by atoms with van der Waals surface area (Å²) in [5.74, 6) is -0.765. The van der Waals surface area contributed by atoms with Gasteiger partial charge in [0.1, 0.15) is 11.6 Å². The first-order valence-corrected chi connectivity index (χ1v) is 6.62. The van der Waals surface area contributed by atoms with Crippen molar-refractivity contribution in [3.63, 3.8) is 0 Å². The van der Waals surface area contributed by atoms with Crippen molar-refractivity contribution in [2.24, 2.45) is 0 Å². The zero-order chi connectivity index (χ0) is 15.6. The molecule has 0 aliphatic heterocycles. The number of nitrogens with zero attached hydrogens (tertiary/aromatic N) is 2. The maximum atomic E-state index is 13.9. The molecule has 0 radical (unpaired) electrons. The van der Waals surface area contributed by atoms with Gasteiger partial charge in [-0.05, 0) is 32.9 Å². The molecule has 21 heavy (non-hydrogen) atoms. The molecule has 7 heteroatoms. The normalized spacial score (nSPS) is 24.6. The highest BCUT2D eigenvalue weighted by Crippen LogP contribution is 2.34. The van der Waals surface area contributed by atoms with Gasteiger partial charge in [0.15, 0.2) is 11.6 Å². The van der Waals surface area contributed by atoms with Gasteiger partial charge in [-0.1, -0.05) is 0 Å². The van der Waals surface area contributed by atoms with E-state index in [0.29, 0.717) is 24.8 Å². The lowest BCUT2D eigenvalue weighted by Gasteiger charge is -2.20. The fourth-order valence-corrected chi connectivity index (χ4v) is 2.60. The summed E-state index contributed by atoms with van der Waals surface area (Å²) >= 11 is 0. The smallest absolute Gasteiger partial charge is 0.275 e. The van der Waals surface area contributed by atoms with Crippen LogP contribution in [0.3, 0.4) is 0 Å². The zero-order valence-corrected chi connectivity index (χ0v) is 11.9. The van der Waals surface area contributed by atoms with Crippen LogP contribution >= 0.6 is 0 Å². The van der Waals surface area contributed by atoms with Crippen molar-refractivity contribution in [2.75, 3.05) is 7.05 Å². The molecule has 1 fully saturated rings. The fraction of sp³-hybridized carbons (Fsp3) is 0.500. The van der Waals surface area contributed by atoms with Gasteiger partial charge in [0.25, 0.3) is 5.69 Å². The predicted molar refractivity (Wildman–Crippen MR) is 73.5 cm³/mol. The van der Waals surface area contributed by atoms with Crippen molar-refractivity contribution in [3.8, 4) is 11.8 Å². The van der Waals surface area contributed by atoms with Crippen molar-refractivity contribution in [1.82, 2.24) is 5.32 Å². The summed E-state index contributed by atoms with van der Waals surface area (Å²) < 4.78 is 19.5. The number of hydrogen-bond donors (Lipinski definition) is 1. The standard InChI is InChI=1S/C14H16FN3O3/c1-9-5-13(11(15)6-12(9)18(19)20)21-10-3-4-14(7-10,8-16)17-2/h5-6,10,17H,3-4,7H2,1-2H3. The average Bonchev–Trinajstić information content (AvgIpc) is 2.86. The van der Waals surface area contributed by atoms with E-state index in [9.17, 15) is 19.8 Å². The van der Waals surface area contributed by atoms with Crippen molar-refractivity contribution in [2.45, 2.75) is 37.8 Å². The van der Waals surface area contributed by atoms with Crippen LogP contribution in [-0.4, -0.2) is 23.6 Å². The molecular weight excluding hydrogens is 277 g/mol. The Kier molecular flexibility index (Phi) is 4.09. The minimum Gasteiger partial charge on any atom is -0.487 e. The topological polar surface area (TPSA) is 88.2 Å². The van der Waals surface area contributed by atoms with E-state index in [4.69, 9.17) is 4.74 Å². The van der Waals surface area contributed by atoms with E-state index in [2.05, 4.69) is 11.4 Å². The van der Waals surface area contributed by atoms with Crippen molar-refractivity contribution in [3.05, 3.63) is 33.6 Å². The van der Waals surface area contributed by atoms with Gasteiger partial charge in [-0.3, -0.25) is 10.1 Å². The van der Waals surface area contributed by atoms with Gasteiger partial charge >= 0.3 is 0 Å². The molecule has 6 nitrogen and oxygen atoms in total. The molecule has 2 rings (SSSR count). The van der Waals surface area contributed by atoms with Gasteiger partial charge in [-0.2, -0.15) is 5.26 Å². The molecule has 2 atom stereocenters. The molecule has 1 N–H and O–H groups in total. The Morgan fingerprint density at radius 3 is 2.86 bits per heavy atom. The molecule has 2 unspecified atom stereocenters. The minimum atomic E-state index is -0.758. The molecule has 0 aromatic heterocycles. The first-order valence-electron chi connectivity index (χ1n) is 6.62. The SMILES string of the molecule is CNC1(C#N)CCC(Oc2cc(C)c([N+](=O)[O-])cc2F)C1. The van der Waals surface area contributed by atoms with Crippen LogP contribution in [0.25, 0.3) is 0 Å². The molecule has 112 valence electrons. The van der Waals surface area contributed by atoms with Crippen LogP contribution in [0.2, 0.25) is 0 Å². The predicted octanol–water partition coefficient (Wildman–Crippen LogP) is 2.46. The van der Waals surface area contributed by atoms with E-state index >= 15 is 0 Å². The second kappa shape index (κ2) is 5.66. The number of nitro benzene ring substituents is 1. The Hall–Kier alpha value is -2.20. The van der Waals surface area contributed by atoms with E-state index in [1.165, 1.54) is 13.0 Å². The number of nitro groups is 1. The third kappa shape index (κ3) is 2.95. The number of halogens is 1. The summed E-state index contributed by atoms with van der Waals surface area (Å²) in [6, 6.07) is 4.42. The molecule has 1 aromatic rings. The lowest BCUT2D eigenvalue weighted by molar-refractivity contribution is -0.385. The molecule has 0 amide bonds. The fourth-order valence-electron chi connectivity index (χ4n) is 2.60. The second-order valence-electron chi connectivity index (χ2n) is 5.25. The summed E-state index contributed by atoms with van der Waals surface area (Å²) in [6.07, 6.45) is 1.42. The molecule has 1 aliphatic rings. The number of rotatable bonds is 4. The zero-order valence-electron chi connectivity index (χ0n) is 11.9. The van der Waals surface area contributed by atoms with Gasteiger partial charge in [0, 0.05) is 12.0 Å². The van der Waals surface area contributed by atoms with E-state index < -0.39 is 16.3 Å². The Morgan fingerprint density at radius 1 is 1.62 bits per heavy atom. The van der Waals surface area contributed by atoms with Crippen LogP contribution in [0.4, 0.5) is 10.1 Å². The van der Waals surface area contributed by atoms with Gasteiger partial charge in [-0.15, -0.1) is 0 Å². The van der Waals surface area contributed by atoms with Gasteiger partial charge in [0.05, 0.1) is 17.1 Å². The van der Waals surface area contributed by atoms with Gasteiger partial charge < -0.3 is 10.1 Å². The number of aryl methyl sites for hydroxylation is 1. The van der Waals surface area contributed by atoms with Crippen LogP contribution in [0, 0.1) is 34.2 Å². The third-order valence-electron chi connectivity index (χ3n) is 3.90. The summed E-state index contributed by atoms with van der Waals surface area (Å²) in [5.41, 5.74) is -0.570. The van der Waals surface area contributed by atoms with Crippen LogP contribution in [0.5, 0.6) is 5.75 Å². The lowest BCUT2D eigenvalue weighted by Crippen LogP contribution is -2.39. The summed E-state index contributed by atoms with van der Waals surface area (Å²) in [5, 5.41) is 22.9. The van der Waals surface area contributed by atoms with Crippen LogP contribution < -0.4 is 10.1 Å². The number of benzene rings is 1. The van der Waals surface area contributed by atoms with E-state index in [1.807, 2.05) is 0 Å². The molecule has 0 bridgehead atoms. The minimum absolute atomic E-state index is 0.00653. The number of ether oxygens (including phenoxy) is 1. The molecule has 0 spiro atoms. The summed E-state index contributed by atoms with van der Waals surface area (Å²) in [6.45, 7) is 1.53. The Bertz CT molecular complexity index is 614. The first-order chi connectivity index (χ1) is 9.90. The first kappa shape index (κ1) is 15.2. The van der Waals surface area contributed by atoms with Crippen LogP contribution in [0.1, 0.15) is 24.8 Å². The number of hydrogen-bond acceptors (Lipinski definition) is 5. The van der Waals surface area contributed by atoms with E-state index in [1.54, 1.807) is 7.05 Å². The van der Waals surface area contributed by atoms with Gasteiger partial charge in [0.2, 0.25) is 0 Å². The average molecular weight is 293 g/mol. The largest absolute Gasteiger partial charge is 0.487 e. The number of nitrogens with one attached hydrogen (secondary N) is 1. The molecule has 1 saturated carbocycles. The van der Waals surface area contributed by atoms with Crippen molar-refractivity contribution < 1.29 is 14.1 Å². The van der Waals surface area contributed by atoms with E-state index in [-0.39, 0.29) is 17.5 Å². The highest BCUT2D eigenvalue weighted by molar-refractivity contribution is 5.45. The molecular formula is C14H16FN3O3. The van der Waals surface area contributed by atoms with E-state index in [0.717, 1.165) is 6.07 Å². The Balaban J connectivity index is 2.17. The molecule has 0 saturated heterocycles. The Morgan fingerprint density at radius 2 is 2.33 bits per heavy atom. The van der Waals surface area contributed by atoms with Crippen LogP contribution in [-0.2, 0) is 0 Å². The van der Waals surface area contributed by atoms with Crippen molar-refractivity contribution in [1.29, 1.82) is 5.26 Å². The second-order valence-corrected chi connectivity index (χ2v) is 5.25. The summed E-state index contributed by atoms with van der Waals surface area (Å²) in [7, 11) is 1.71. The highest BCUT2D eigenvalue weighted by atomic mass is 19.1. The number of nitriles is 1. The molecule has 1 aromatic carbocycles. The lowest BCUT2D eigenvalue weighted by atomic mass is 10.0. The third-order valence-corrected chi connectivity index (χ3v) is 3.90. The Labute approximate surface area is 121 Å². The molecule has 0 heterocycles. The highest BCUT2D eigenvalue weighted by Gasteiger charge is 2.39.